The maximum Gasteiger partial charge on any atom is 0.125 e. The molecule has 2 aromatic rings. The molecule has 1 atom stereocenters. The Morgan fingerprint density at radius 3 is 2.76 bits per heavy atom. The predicted molar refractivity (Wildman–Crippen MR) is 82.2 cm³/mol. The van der Waals surface area contributed by atoms with Gasteiger partial charge in [-0.05, 0) is 37.3 Å². The summed E-state index contributed by atoms with van der Waals surface area (Å²) >= 11 is 3.38. The van der Waals surface area contributed by atoms with Gasteiger partial charge < -0.3 is 10.5 Å². The molecule has 0 amide bonds. The van der Waals surface area contributed by atoms with E-state index in [0.29, 0.717) is 16.9 Å². The molecule has 0 bridgehead atoms. The molecule has 0 aliphatic carbocycles. The van der Waals surface area contributed by atoms with Crippen molar-refractivity contribution in [3.63, 3.8) is 0 Å². The molecule has 0 aliphatic rings. The number of ether oxygens (including phenoxy) is 1. The van der Waals surface area contributed by atoms with Gasteiger partial charge in [0.1, 0.15) is 18.2 Å². The van der Waals surface area contributed by atoms with Gasteiger partial charge in [0.15, 0.2) is 0 Å². The van der Waals surface area contributed by atoms with Crippen LogP contribution < -0.4 is 10.5 Å². The molecular formula is C16H14BrFN2O. The molecular weight excluding hydrogens is 335 g/mol. The van der Waals surface area contributed by atoms with Gasteiger partial charge in [-0.15, -0.1) is 0 Å². The fourth-order valence-electron chi connectivity index (χ4n) is 1.96. The van der Waals surface area contributed by atoms with Crippen LogP contribution in [0, 0.1) is 17.1 Å². The molecule has 0 saturated heterocycles. The highest BCUT2D eigenvalue weighted by molar-refractivity contribution is 9.10. The van der Waals surface area contributed by atoms with Crippen molar-refractivity contribution < 1.29 is 9.13 Å². The van der Waals surface area contributed by atoms with Crippen LogP contribution in [0.2, 0.25) is 0 Å². The lowest BCUT2D eigenvalue weighted by Crippen LogP contribution is -2.08. The van der Waals surface area contributed by atoms with E-state index < -0.39 is 5.82 Å². The second-order valence-corrected chi connectivity index (χ2v) is 5.59. The van der Waals surface area contributed by atoms with Gasteiger partial charge in [-0.3, -0.25) is 0 Å². The summed E-state index contributed by atoms with van der Waals surface area (Å²) < 4.78 is 19.9. The van der Waals surface area contributed by atoms with Gasteiger partial charge in [-0.1, -0.05) is 22.0 Å². The van der Waals surface area contributed by atoms with E-state index in [-0.39, 0.29) is 12.6 Å². The van der Waals surface area contributed by atoms with Crippen molar-refractivity contribution in [3.05, 3.63) is 63.4 Å². The summed E-state index contributed by atoms with van der Waals surface area (Å²) in [5.41, 5.74) is 7.67. The minimum atomic E-state index is -0.394. The fraction of sp³-hybridized carbons (Fsp3) is 0.188. The molecule has 0 aromatic heterocycles. The van der Waals surface area contributed by atoms with E-state index in [1.165, 1.54) is 18.2 Å². The summed E-state index contributed by atoms with van der Waals surface area (Å²) in [4.78, 5) is 0. The molecule has 0 radical (unpaired) electrons. The standard InChI is InChI=1S/C16H14BrFN2O/c1-10(20)15-5-3-13(17)7-16(15)21-9-12-6-14(18)4-2-11(12)8-19/h2-7,10H,9,20H2,1H3. The van der Waals surface area contributed by atoms with Gasteiger partial charge in [-0.2, -0.15) is 5.26 Å². The van der Waals surface area contributed by atoms with Gasteiger partial charge in [0, 0.05) is 21.6 Å². The Labute approximate surface area is 131 Å². The Morgan fingerprint density at radius 1 is 1.33 bits per heavy atom. The maximum absolute atomic E-state index is 13.3. The van der Waals surface area contributed by atoms with Crippen molar-refractivity contribution in [1.82, 2.24) is 0 Å². The molecule has 0 saturated carbocycles. The highest BCUT2D eigenvalue weighted by Gasteiger charge is 2.11. The Morgan fingerprint density at radius 2 is 2.10 bits per heavy atom. The third kappa shape index (κ3) is 3.81. The average Bonchev–Trinajstić information content (AvgIpc) is 2.45. The largest absolute Gasteiger partial charge is 0.488 e. The summed E-state index contributed by atoms with van der Waals surface area (Å²) in [5.74, 6) is 0.224. The number of benzene rings is 2. The molecule has 1 unspecified atom stereocenters. The number of nitrogens with two attached hydrogens (primary N) is 1. The van der Waals surface area contributed by atoms with E-state index in [2.05, 4.69) is 15.9 Å². The normalized spacial score (nSPS) is 11.8. The van der Waals surface area contributed by atoms with Crippen LogP contribution in [0.3, 0.4) is 0 Å². The molecule has 0 fully saturated rings. The molecule has 0 spiro atoms. The van der Waals surface area contributed by atoms with Crippen molar-refractivity contribution >= 4 is 15.9 Å². The number of halogens is 2. The van der Waals surface area contributed by atoms with E-state index in [0.717, 1.165) is 10.0 Å². The van der Waals surface area contributed by atoms with E-state index in [1.54, 1.807) is 0 Å². The van der Waals surface area contributed by atoms with Crippen LogP contribution in [0.25, 0.3) is 0 Å². The lowest BCUT2D eigenvalue weighted by Gasteiger charge is -2.15. The molecule has 0 heterocycles. The first-order valence-electron chi connectivity index (χ1n) is 6.37. The summed E-state index contributed by atoms with van der Waals surface area (Å²) in [7, 11) is 0. The van der Waals surface area contributed by atoms with Crippen molar-refractivity contribution in [2.45, 2.75) is 19.6 Å². The zero-order valence-electron chi connectivity index (χ0n) is 11.4. The Balaban J connectivity index is 2.26. The second kappa shape index (κ2) is 6.70. The first-order valence-corrected chi connectivity index (χ1v) is 7.17. The second-order valence-electron chi connectivity index (χ2n) is 4.67. The van der Waals surface area contributed by atoms with Crippen LogP contribution in [0.5, 0.6) is 5.75 Å². The summed E-state index contributed by atoms with van der Waals surface area (Å²) in [6.45, 7) is 1.97. The van der Waals surface area contributed by atoms with Crippen LogP contribution >= 0.6 is 15.9 Å². The molecule has 21 heavy (non-hydrogen) atoms. The summed E-state index contributed by atoms with van der Waals surface area (Å²) in [6.07, 6.45) is 0. The van der Waals surface area contributed by atoms with Gasteiger partial charge in [0.05, 0.1) is 11.6 Å². The molecule has 5 heteroatoms. The van der Waals surface area contributed by atoms with E-state index in [1.807, 2.05) is 31.2 Å². The van der Waals surface area contributed by atoms with Crippen molar-refractivity contribution in [1.29, 1.82) is 5.26 Å². The average molecular weight is 349 g/mol. The van der Waals surface area contributed by atoms with Crippen LogP contribution in [-0.2, 0) is 6.61 Å². The van der Waals surface area contributed by atoms with Gasteiger partial charge in [0.25, 0.3) is 0 Å². The Bertz CT molecular complexity index is 695. The molecule has 3 nitrogen and oxygen atoms in total. The van der Waals surface area contributed by atoms with Gasteiger partial charge >= 0.3 is 0 Å². The van der Waals surface area contributed by atoms with Crippen molar-refractivity contribution in [2.24, 2.45) is 5.73 Å². The van der Waals surface area contributed by atoms with Crippen LogP contribution in [-0.4, -0.2) is 0 Å². The Hall–Kier alpha value is -1.90. The number of rotatable bonds is 4. The van der Waals surface area contributed by atoms with Gasteiger partial charge in [-0.25, -0.2) is 4.39 Å². The van der Waals surface area contributed by atoms with Gasteiger partial charge in [0.2, 0.25) is 0 Å². The highest BCUT2D eigenvalue weighted by Crippen LogP contribution is 2.28. The number of nitriles is 1. The number of nitrogens with zero attached hydrogens (tertiary/aromatic N) is 1. The summed E-state index contributed by atoms with van der Waals surface area (Å²) in [6, 6.07) is 11.4. The fourth-order valence-corrected chi connectivity index (χ4v) is 2.30. The lowest BCUT2D eigenvalue weighted by molar-refractivity contribution is 0.300. The molecule has 108 valence electrons. The topological polar surface area (TPSA) is 59.0 Å². The van der Waals surface area contributed by atoms with Crippen LogP contribution in [0.4, 0.5) is 4.39 Å². The predicted octanol–water partition coefficient (Wildman–Crippen LogP) is 4.06. The van der Waals surface area contributed by atoms with Crippen molar-refractivity contribution in [3.8, 4) is 11.8 Å². The SMILES string of the molecule is CC(N)c1ccc(Br)cc1OCc1cc(F)ccc1C#N. The Kier molecular flexibility index (Phi) is 4.94. The summed E-state index contributed by atoms with van der Waals surface area (Å²) in [5, 5.41) is 9.04. The first-order chi connectivity index (χ1) is 10.0. The highest BCUT2D eigenvalue weighted by atomic mass is 79.9. The van der Waals surface area contributed by atoms with E-state index >= 15 is 0 Å². The minimum Gasteiger partial charge on any atom is -0.488 e. The number of hydrogen-bond donors (Lipinski definition) is 1. The minimum absolute atomic E-state index is 0.108. The zero-order valence-corrected chi connectivity index (χ0v) is 13.0. The van der Waals surface area contributed by atoms with E-state index in [9.17, 15) is 4.39 Å². The lowest BCUT2D eigenvalue weighted by atomic mass is 10.1. The third-order valence-corrected chi connectivity index (χ3v) is 3.53. The van der Waals surface area contributed by atoms with Crippen molar-refractivity contribution in [2.75, 3.05) is 0 Å². The zero-order chi connectivity index (χ0) is 15.4. The molecule has 2 aromatic carbocycles. The quantitative estimate of drug-likeness (QED) is 0.906. The first kappa shape index (κ1) is 15.5. The molecule has 2 N–H and O–H groups in total. The van der Waals surface area contributed by atoms with E-state index in [4.69, 9.17) is 15.7 Å². The maximum atomic E-state index is 13.3. The molecule has 2 rings (SSSR count). The monoisotopic (exact) mass is 348 g/mol. The third-order valence-electron chi connectivity index (χ3n) is 3.04. The van der Waals surface area contributed by atoms with Crippen LogP contribution in [0.15, 0.2) is 40.9 Å². The smallest absolute Gasteiger partial charge is 0.125 e. The molecule has 0 aliphatic heterocycles. The van der Waals surface area contributed by atoms with Crippen LogP contribution in [0.1, 0.15) is 29.7 Å². The number of hydrogen-bond acceptors (Lipinski definition) is 3.